The van der Waals surface area contributed by atoms with Gasteiger partial charge < -0.3 is 9.47 Å². The Kier molecular flexibility index (Phi) is 8.71. The second kappa shape index (κ2) is 8.82. The largest absolute Gasteiger partial charge is 0.352 e. The first-order chi connectivity index (χ1) is 8.01. The van der Waals surface area contributed by atoms with Crippen LogP contribution in [0.1, 0.15) is 27.7 Å². The van der Waals surface area contributed by atoms with E-state index in [1.165, 1.54) is 4.31 Å². The molecule has 0 aromatic carbocycles. The Morgan fingerprint density at radius 2 is 1.53 bits per heavy atom. The Bertz CT molecular complexity index is 272. The van der Waals surface area contributed by atoms with Gasteiger partial charge in [0.2, 0.25) is 0 Å². The van der Waals surface area contributed by atoms with Gasteiger partial charge in [-0.15, -0.1) is 0 Å². The van der Waals surface area contributed by atoms with Crippen LogP contribution in [0.25, 0.3) is 0 Å². The standard InChI is InChI=1S/C10H24N2O4S/c1-5-12(6-2)17(13,14)11-9-10(15-7-3)16-8-4/h10-11H,5-9H2,1-4H3. The van der Waals surface area contributed by atoms with Crippen molar-refractivity contribution in [2.75, 3.05) is 32.8 Å². The molecule has 7 heteroatoms. The van der Waals surface area contributed by atoms with Crippen molar-refractivity contribution in [2.45, 2.75) is 34.0 Å². The lowest BCUT2D eigenvalue weighted by atomic mass is 10.6. The fourth-order valence-corrected chi connectivity index (χ4v) is 2.58. The molecule has 0 aromatic heterocycles. The molecular formula is C10H24N2O4S. The normalized spacial score (nSPS) is 12.6. The summed E-state index contributed by atoms with van der Waals surface area (Å²) < 4.78 is 38.0. The van der Waals surface area contributed by atoms with E-state index in [-0.39, 0.29) is 6.54 Å². The Hall–Kier alpha value is -0.210. The van der Waals surface area contributed by atoms with E-state index < -0.39 is 16.5 Å². The molecule has 0 amide bonds. The molecule has 0 rings (SSSR count). The summed E-state index contributed by atoms with van der Waals surface area (Å²) in [6.07, 6.45) is -0.532. The van der Waals surface area contributed by atoms with Crippen LogP contribution < -0.4 is 4.72 Å². The van der Waals surface area contributed by atoms with E-state index in [2.05, 4.69) is 4.72 Å². The lowest BCUT2D eigenvalue weighted by molar-refractivity contribution is -0.130. The average molecular weight is 268 g/mol. The summed E-state index contributed by atoms with van der Waals surface area (Å²) in [6, 6.07) is 0. The van der Waals surface area contributed by atoms with Gasteiger partial charge in [-0.1, -0.05) is 13.8 Å². The molecule has 0 saturated carbocycles. The summed E-state index contributed by atoms with van der Waals surface area (Å²) in [5, 5.41) is 0. The SMILES string of the molecule is CCOC(CNS(=O)(=O)N(CC)CC)OCC. The van der Waals surface area contributed by atoms with Crippen molar-refractivity contribution in [3.8, 4) is 0 Å². The third kappa shape index (κ3) is 6.32. The van der Waals surface area contributed by atoms with Crippen LogP contribution in [0.3, 0.4) is 0 Å². The Labute approximate surface area is 104 Å². The van der Waals surface area contributed by atoms with Crippen molar-refractivity contribution in [3.05, 3.63) is 0 Å². The highest BCUT2D eigenvalue weighted by molar-refractivity contribution is 7.87. The highest BCUT2D eigenvalue weighted by Gasteiger charge is 2.20. The van der Waals surface area contributed by atoms with E-state index in [1.54, 1.807) is 13.8 Å². The topological polar surface area (TPSA) is 67.9 Å². The van der Waals surface area contributed by atoms with Gasteiger partial charge in [0, 0.05) is 26.3 Å². The smallest absolute Gasteiger partial charge is 0.279 e. The monoisotopic (exact) mass is 268 g/mol. The maximum Gasteiger partial charge on any atom is 0.279 e. The summed E-state index contributed by atoms with van der Waals surface area (Å²) in [4.78, 5) is 0. The first-order valence-electron chi connectivity index (χ1n) is 5.99. The second-order valence-electron chi connectivity index (χ2n) is 3.28. The molecule has 6 nitrogen and oxygen atoms in total. The molecule has 17 heavy (non-hydrogen) atoms. The highest BCUT2D eigenvalue weighted by Crippen LogP contribution is 1.99. The van der Waals surface area contributed by atoms with Gasteiger partial charge in [-0.2, -0.15) is 17.4 Å². The minimum atomic E-state index is -3.43. The molecule has 0 fully saturated rings. The molecule has 0 aromatic rings. The van der Waals surface area contributed by atoms with Crippen molar-refractivity contribution in [3.63, 3.8) is 0 Å². The molecule has 0 aliphatic carbocycles. The molecular weight excluding hydrogens is 244 g/mol. The number of nitrogens with zero attached hydrogens (tertiary/aromatic N) is 1. The van der Waals surface area contributed by atoms with Crippen LogP contribution in [0.4, 0.5) is 0 Å². The summed E-state index contributed by atoms with van der Waals surface area (Å²) in [5.74, 6) is 0. The molecule has 0 radical (unpaired) electrons. The van der Waals surface area contributed by atoms with E-state index in [0.29, 0.717) is 26.3 Å². The predicted molar refractivity (Wildman–Crippen MR) is 66.9 cm³/mol. The van der Waals surface area contributed by atoms with Crippen molar-refractivity contribution < 1.29 is 17.9 Å². The summed E-state index contributed by atoms with van der Waals surface area (Å²) >= 11 is 0. The Balaban J connectivity index is 4.31. The van der Waals surface area contributed by atoms with Gasteiger partial charge in [0.05, 0.1) is 6.54 Å². The average Bonchev–Trinajstić information content (AvgIpc) is 2.28. The van der Waals surface area contributed by atoms with E-state index in [9.17, 15) is 8.42 Å². The first kappa shape index (κ1) is 16.8. The van der Waals surface area contributed by atoms with Gasteiger partial charge in [0.15, 0.2) is 6.29 Å². The van der Waals surface area contributed by atoms with E-state index >= 15 is 0 Å². The second-order valence-corrected chi connectivity index (χ2v) is 5.03. The highest BCUT2D eigenvalue weighted by atomic mass is 32.2. The van der Waals surface area contributed by atoms with Crippen molar-refractivity contribution in [1.29, 1.82) is 0 Å². The zero-order valence-electron chi connectivity index (χ0n) is 11.1. The molecule has 0 aliphatic heterocycles. The summed E-state index contributed by atoms with van der Waals surface area (Å²) in [7, 11) is -3.43. The predicted octanol–water partition coefficient (Wildman–Crippen LogP) is 0.562. The number of hydrogen-bond donors (Lipinski definition) is 1. The molecule has 0 saturated heterocycles. The minimum absolute atomic E-state index is 0.126. The molecule has 0 aliphatic rings. The lowest BCUT2D eigenvalue weighted by Crippen LogP contribution is -2.44. The third-order valence-corrected chi connectivity index (χ3v) is 3.91. The number of hydrogen-bond acceptors (Lipinski definition) is 4. The minimum Gasteiger partial charge on any atom is -0.352 e. The van der Waals surface area contributed by atoms with Crippen LogP contribution in [0, 0.1) is 0 Å². The van der Waals surface area contributed by atoms with Gasteiger partial charge in [-0.25, -0.2) is 0 Å². The van der Waals surface area contributed by atoms with Crippen molar-refractivity contribution in [2.24, 2.45) is 0 Å². The summed E-state index contributed by atoms with van der Waals surface area (Å²) in [6.45, 7) is 9.25. The van der Waals surface area contributed by atoms with E-state index in [4.69, 9.17) is 9.47 Å². The maximum absolute atomic E-state index is 11.8. The number of nitrogens with one attached hydrogen (secondary N) is 1. The molecule has 104 valence electrons. The van der Waals surface area contributed by atoms with Crippen LogP contribution in [0.2, 0.25) is 0 Å². The van der Waals surface area contributed by atoms with E-state index in [0.717, 1.165) is 0 Å². The van der Waals surface area contributed by atoms with Crippen molar-refractivity contribution >= 4 is 10.2 Å². The van der Waals surface area contributed by atoms with Crippen molar-refractivity contribution in [1.82, 2.24) is 9.03 Å². The van der Waals surface area contributed by atoms with Gasteiger partial charge in [-0.05, 0) is 13.8 Å². The van der Waals surface area contributed by atoms with Crippen LogP contribution in [0.15, 0.2) is 0 Å². The molecule has 1 N–H and O–H groups in total. The molecule has 0 heterocycles. The van der Waals surface area contributed by atoms with Crippen LogP contribution >= 0.6 is 0 Å². The maximum atomic E-state index is 11.8. The Morgan fingerprint density at radius 1 is 1.06 bits per heavy atom. The fraction of sp³-hybridized carbons (Fsp3) is 1.00. The third-order valence-electron chi connectivity index (χ3n) is 2.18. The first-order valence-corrected chi connectivity index (χ1v) is 7.43. The van der Waals surface area contributed by atoms with Crippen LogP contribution in [-0.2, 0) is 19.7 Å². The summed E-state index contributed by atoms with van der Waals surface area (Å²) in [5.41, 5.74) is 0. The number of ether oxygens (including phenoxy) is 2. The fourth-order valence-electron chi connectivity index (χ4n) is 1.37. The van der Waals surface area contributed by atoms with Gasteiger partial charge in [0.25, 0.3) is 10.2 Å². The molecule has 0 atom stereocenters. The van der Waals surface area contributed by atoms with Crippen LogP contribution in [0.5, 0.6) is 0 Å². The quantitative estimate of drug-likeness (QED) is 0.588. The lowest BCUT2D eigenvalue weighted by Gasteiger charge is -2.22. The number of rotatable bonds is 10. The molecule has 0 unspecified atom stereocenters. The van der Waals surface area contributed by atoms with Gasteiger partial charge in [0.1, 0.15) is 0 Å². The van der Waals surface area contributed by atoms with Gasteiger partial charge in [-0.3, -0.25) is 0 Å². The van der Waals surface area contributed by atoms with Gasteiger partial charge >= 0.3 is 0 Å². The zero-order chi connectivity index (χ0) is 13.3. The molecule has 0 spiro atoms. The van der Waals surface area contributed by atoms with Crippen LogP contribution in [-0.4, -0.2) is 51.9 Å². The zero-order valence-corrected chi connectivity index (χ0v) is 11.9. The Morgan fingerprint density at radius 3 is 1.88 bits per heavy atom. The molecule has 0 bridgehead atoms. The van der Waals surface area contributed by atoms with E-state index in [1.807, 2.05) is 13.8 Å².